The maximum atomic E-state index is 13.3. The molecule has 0 spiro atoms. The highest BCUT2D eigenvalue weighted by Gasteiger charge is 2.36. The van der Waals surface area contributed by atoms with Gasteiger partial charge in [0.1, 0.15) is 5.82 Å². The summed E-state index contributed by atoms with van der Waals surface area (Å²) in [5, 5.41) is 12.3. The SMILES string of the molecule is N#CC1(CNCCc2ccccc2F)CCC1. The zero-order valence-corrected chi connectivity index (χ0v) is 9.88. The molecule has 0 saturated heterocycles. The van der Waals surface area contributed by atoms with Gasteiger partial charge in [-0.15, -0.1) is 0 Å². The van der Waals surface area contributed by atoms with Crippen LogP contribution in [0.5, 0.6) is 0 Å². The van der Waals surface area contributed by atoms with Gasteiger partial charge >= 0.3 is 0 Å². The lowest BCUT2D eigenvalue weighted by atomic mass is 9.70. The van der Waals surface area contributed by atoms with Crippen molar-refractivity contribution in [2.24, 2.45) is 5.41 Å². The second-order valence-electron chi connectivity index (χ2n) is 4.76. The Bertz CT molecular complexity index is 418. The van der Waals surface area contributed by atoms with Gasteiger partial charge in [0, 0.05) is 6.54 Å². The third-order valence-electron chi connectivity index (χ3n) is 3.54. The fourth-order valence-corrected chi connectivity index (χ4v) is 2.18. The molecule has 0 aromatic heterocycles. The fraction of sp³-hybridized carbons (Fsp3) is 0.500. The van der Waals surface area contributed by atoms with Crippen molar-refractivity contribution in [1.29, 1.82) is 5.26 Å². The predicted molar refractivity (Wildman–Crippen MR) is 64.9 cm³/mol. The van der Waals surface area contributed by atoms with Crippen molar-refractivity contribution < 1.29 is 4.39 Å². The van der Waals surface area contributed by atoms with E-state index < -0.39 is 0 Å². The van der Waals surface area contributed by atoms with Gasteiger partial charge in [0.05, 0.1) is 11.5 Å². The van der Waals surface area contributed by atoms with Crippen LogP contribution in [-0.2, 0) is 6.42 Å². The summed E-state index contributed by atoms with van der Waals surface area (Å²) >= 11 is 0. The molecule has 2 nitrogen and oxygen atoms in total. The minimum Gasteiger partial charge on any atom is -0.315 e. The van der Waals surface area contributed by atoms with Crippen LogP contribution in [0.3, 0.4) is 0 Å². The Labute approximate surface area is 101 Å². The Morgan fingerprint density at radius 2 is 2.12 bits per heavy atom. The first-order chi connectivity index (χ1) is 8.26. The topological polar surface area (TPSA) is 35.8 Å². The first-order valence-corrected chi connectivity index (χ1v) is 6.11. The molecule has 1 fully saturated rings. The largest absolute Gasteiger partial charge is 0.315 e. The van der Waals surface area contributed by atoms with Gasteiger partial charge in [-0.3, -0.25) is 0 Å². The van der Waals surface area contributed by atoms with Crippen LogP contribution in [0.15, 0.2) is 24.3 Å². The minimum absolute atomic E-state index is 0.144. The number of rotatable bonds is 5. The molecule has 0 atom stereocenters. The normalized spacial score (nSPS) is 17.2. The number of benzene rings is 1. The van der Waals surface area contributed by atoms with E-state index >= 15 is 0 Å². The lowest BCUT2D eigenvalue weighted by Gasteiger charge is -2.35. The molecule has 0 aliphatic heterocycles. The molecule has 0 unspecified atom stereocenters. The third kappa shape index (κ3) is 2.83. The molecule has 1 saturated carbocycles. The summed E-state index contributed by atoms with van der Waals surface area (Å²) in [6.07, 6.45) is 3.82. The van der Waals surface area contributed by atoms with Gasteiger partial charge in [0.2, 0.25) is 0 Å². The van der Waals surface area contributed by atoms with E-state index in [0.29, 0.717) is 6.42 Å². The van der Waals surface area contributed by atoms with Crippen LogP contribution >= 0.6 is 0 Å². The minimum atomic E-state index is -0.145. The van der Waals surface area contributed by atoms with E-state index in [1.807, 2.05) is 6.07 Å². The van der Waals surface area contributed by atoms with E-state index in [2.05, 4.69) is 11.4 Å². The highest BCUT2D eigenvalue weighted by molar-refractivity contribution is 5.17. The number of hydrogen-bond donors (Lipinski definition) is 1. The van der Waals surface area contributed by atoms with Gasteiger partial charge in [0.25, 0.3) is 0 Å². The van der Waals surface area contributed by atoms with E-state index in [0.717, 1.165) is 37.9 Å². The second-order valence-corrected chi connectivity index (χ2v) is 4.76. The zero-order chi connectivity index (χ0) is 12.1. The molecule has 1 aliphatic carbocycles. The molecule has 90 valence electrons. The van der Waals surface area contributed by atoms with E-state index in [1.54, 1.807) is 12.1 Å². The first kappa shape index (κ1) is 12.1. The summed E-state index contributed by atoms with van der Waals surface area (Å²) < 4.78 is 13.3. The van der Waals surface area contributed by atoms with Crippen LogP contribution in [0.2, 0.25) is 0 Å². The molecule has 1 aromatic carbocycles. The van der Waals surface area contributed by atoms with Crippen LogP contribution in [0, 0.1) is 22.6 Å². The van der Waals surface area contributed by atoms with Crippen LogP contribution in [0.1, 0.15) is 24.8 Å². The Morgan fingerprint density at radius 1 is 1.35 bits per heavy atom. The van der Waals surface area contributed by atoms with Crippen molar-refractivity contribution in [2.75, 3.05) is 13.1 Å². The maximum Gasteiger partial charge on any atom is 0.126 e. The zero-order valence-electron chi connectivity index (χ0n) is 9.88. The van der Waals surface area contributed by atoms with Gasteiger partial charge in [-0.1, -0.05) is 24.6 Å². The van der Waals surface area contributed by atoms with Crippen LogP contribution in [-0.4, -0.2) is 13.1 Å². The maximum absolute atomic E-state index is 13.3. The quantitative estimate of drug-likeness (QED) is 0.792. The Balaban J connectivity index is 1.74. The number of nitriles is 1. The summed E-state index contributed by atoms with van der Waals surface area (Å²) in [4.78, 5) is 0. The van der Waals surface area contributed by atoms with Crippen molar-refractivity contribution in [3.8, 4) is 6.07 Å². The van der Waals surface area contributed by atoms with Gasteiger partial charge in [-0.2, -0.15) is 5.26 Å². The van der Waals surface area contributed by atoms with Crippen LogP contribution in [0.4, 0.5) is 4.39 Å². The predicted octanol–water partition coefficient (Wildman–Crippen LogP) is 2.65. The molecule has 1 N–H and O–H groups in total. The van der Waals surface area contributed by atoms with Gasteiger partial charge in [-0.25, -0.2) is 4.39 Å². The Kier molecular flexibility index (Phi) is 3.75. The monoisotopic (exact) mass is 232 g/mol. The van der Waals surface area contributed by atoms with Crippen LogP contribution < -0.4 is 5.32 Å². The van der Waals surface area contributed by atoms with Crippen molar-refractivity contribution >= 4 is 0 Å². The van der Waals surface area contributed by atoms with E-state index in [4.69, 9.17) is 5.26 Å². The molecular formula is C14H17FN2. The lowest BCUT2D eigenvalue weighted by Crippen LogP contribution is -2.39. The molecule has 0 bridgehead atoms. The lowest BCUT2D eigenvalue weighted by molar-refractivity contribution is 0.208. The summed E-state index contributed by atoms with van der Waals surface area (Å²) in [5.74, 6) is -0.145. The molecule has 3 heteroatoms. The average Bonchev–Trinajstić information content (AvgIpc) is 2.29. The summed E-state index contributed by atoms with van der Waals surface area (Å²) in [6, 6.07) is 9.23. The number of nitrogens with zero attached hydrogens (tertiary/aromatic N) is 1. The van der Waals surface area contributed by atoms with E-state index in [1.165, 1.54) is 6.07 Å². The number of halogens is 1. The van der Waals surface area contributed by atoms with Gasteiger partial charge in [0.15, 0.2) is 0 Å². The molecular weight excluding hydrogens is 215 g/mol. The average molecular weight is 232 g/mol. The third-order valence-corrected chi connectivity index (χ3v) is 3.54. The fourth-order valence-electron chi connectivity index (χ4n) is 2.18. The van der Waals surface area contributed by atoms with Crippen molar-refractivity contribution in [3.05, 3.63) is 35.6 Å². The smallest absolute Gasteiger partial charge is 0.126 e. The standard InChI is InChI=1S/C14H17FN2/c15-13-5-2-1-4-12(13)6-9-17-11-14(10-16)7-3-8-14/h1-2,4-5,17H,3,6-9,11H2. The summed E-state index contributed by atoms with van der Waals surface area (Å²) in [7, 11) is 0. The molecule has 0 heterocycles. The first-order valence-electron chi connectivity index (χ1n) is 6.11. The van der Waals surface area contributed by atoms with E-state index in [-0.39, 0.29) is 11.2 Å². The second kappa shape index (κ2) is 5.29. The van der Waals surface area contributed by atoms with Gasteiger partial charge < -0.3 is 5.32 Å². The molecule has 1 aromatic rings. The van der Waals surface area contributed by atoms with Gasteiger partial charge in [-0.05, 0) is 37.4 Å². The van der Waals surface area contributed by atoms with Crippen LogP contribution in [0.25, 0.3) is 0 Å². The number of nitrogens with one attached hydrogen (secondary N) is 1. The summed E-state index contributed by atoms with van der Waals surface area (Å²) in [5.41, 5.74) is 0.592. The summed E-state index contributed by atoms with van der Waals surface area (Å²) in [6.45, 7) is 1.46. The van der Waals surface area contributed by atoms with Crippen molar-refractivity contribution in [1.82, 2.24) is 5.32 Å². The number of hydrogen-bond acceptors (Lipinski definition) is 2. The Hall–Kier alpha value is -1.40. The molecule has 2 rings (SSSR count). The van der Waals surface area contributed by atoms with Crippen molar-refractivity contribution in [2.45, 2.75) is 25.7 Å². The molecule has 0 amide bonds. The molecule has 1 aliphatic rings. The van der Waals surface area contributed by atoms with Crippen molar-refractivity contribution in [3.63, 3.8) is 0 Å². The highest BCUT2D eigenvalue weighted by atomic mass is 19.1. The highest BCUT2D eigenvalue weighted by Crippen LogP contribution is 2.39. The van der Waals surface area contributed by atoms with E-state index in [9.17, 15) is 4.39 Å². The molecule has 17 heavy (non-hydrogen) atoms. The molecule has 0 radical (unpaired) electrons. The Morgan fingerprint density at radius 3 is 2.71 bits per heavy atom.